The van der Waals surface area contributed by atoms with Gasteiger partial charge >= 0.3 is 0 Å². The highest BCUT2D eigenvalue weighted by Crippen LogP contribution is 2.47. The Morgan fingerprint density at radius 2 is 1.86 bits per heavy atom. The highest BCUT2D eigenvalue weighted by molar-refractivity contribution is 6.30. The smallest absolute Gasteiger partial charge is 0.243 e. The number of hydrogen-bond acceptors (Lipinski definition) is 2. The van der Waals surface area contributed by atoms with E-state index >= 15 is 0 Å². The van der Waals surface area contributed by atoms with Gasteiger partial charge in [0.1, 0.15) is 0 Å². The lowest BCUT2D eigenvalue weighted by Crippen LogP contribution is -2.20. The molecule has 1 aliphatic rings. The van der Waals surface area contributed by atoms with E-state index in [4.69, 9.17) is 11.6 Å². The number of benzene rings is 2. The molecule has 1 N–H and O–H groups in total. The largest absolute Gasteiger partial charge is 0.273 e. The number of hydrogen-bond donors (Lipinski definition) is 1. The molecule has 0 aliphatic heterocycles. The fraction of sp³-hybridized carbons (Fsp3) is 0.176. The Bertz CT molecular complexity index is 652. The van der Waals surface area contributed by atoms with E-state index in [0.717, 1.165) is 12.0 Å². The summed E-state index contributed by atoms with van der Waals surface area (Å²) >= 11 is 5.81. The molecule has 1 saturated carbocycles. The highest BCUT2D eigenvalue weighted by atomic mass is 35.5. The van der Waals surface area contributed by atoms with Crippen LogP contribution in [0.1, 0.15) is 23.5 Å². The number of carbonyl (C=O) groups is 1. The van der Waals surface area contributed by atoms with Gasteiger partial charge in [-0.05, 0) is 35.6 Å². The van der Waals surface area contributed by atoms with Crippen LogP contribution < -0.4 is 5.43 Å². The lowest BCUT2D eigenvalue weighted by Gasteiger charge is -2.00. The van der Waals surface area contributed by atoms with Crippen molar-refractivity contribution in [3.8, 4) is 0 Å². The third-order valence-corrected chi connectivity index (χ3v) is 3.87. The van der Waals surface area contributed by atoms with E-state index in [1.807, 2.05) is 30.3 Å². The van der Waals surface area contributed by atoms with Crippen LogP contribution in [0.25, 0.3) is 0 Å². The van der Waals surface area contributed by atoms with Crippen molar-refractivity contribution in [2.24, 2.45) is 11.0 Å². The number of nitrogens with one attached hydrogen (secondary N) is 1. The summed E-state index contributed by atoms with van der Waals surface area (Å²) in [5.41, 5.74) is 4.72. The maximum Gasteiger partial charge on any atom is 0.243 e. The zero-order valence-electron chi connectivity index (χ0n) is 11.4. The summed E-state index contributed by atoms with van der Waals surface area (Å²) in [6.07, 6.45) is 2.51. The molecular weight excluding hydrogens is 284 g/mol. The zero-order chi connectivity index (χ0) is 14.7. The van der Waals surface area contributed by atoms with Crippen molar-refractivity contribution >= 4 is 23.7 Å². The summed E-state index contributed by atoms with van der Waals surface area (Å²) < 4.78 is 0. The number of hydrazone groups is 1. The maximum absolute atomic E-state index is 12.0. The Morgan fingerprint density at radius 3 is 2.57 bits per heavy atom. The molecule has 1 aliphatic carbocycles. The molecule has 0 saturated heterocycles. The van der Waals surface area contributed by atoms with Gasteiger partial charge in [0.05, 0.1) is 6.21 Å². The molecule has 0 radical (unpaired) electrons. The summed E-state index contributed by atoms with van der Waals surface area (Å²) in [5, 5.41) is 4.67. The van der Waals surface area contributed by atoms with Gasteiger partial charge < -0.3 is 0 Å². The Morgan fingerprint density at radius 1 is 1.14 bits per heavy atom. The minimum absolute atomic E-state index is 0.0194. The third kappa shape index (κ3) is 3.50. The van der Waals surface area contributed by atoms with Crippen molar-refractivity contribution in [2.45, 2.75) is 12.3 Å². The summed E-state index contributed by atoms with van der Waals surface area (Å²) in [6, 6.07) is 17.4. The van der Waals surface area contributed by atoms with Crippen molar-refractivity contribution in [2.75, 3.05) is 0 Å². The van der Waals surface area contributed by atoms with E-state index in [1.165, 1.54) is 5.56 Å². The second-order valence-corrected chi connectivity index (χ2v) is 5.58. The minimum Gasteiger partial charge on any atom is -0.273 e. The number of carbonyl (C=O) groups excluding carboxylic acids is 1. The van der Waals surface area contributed by atoms with Gasteiger partial charge in [0.2, 0.25) is 5.91 Å². The summed E-state index contributed by atoms with van der Waals surface area (Å²) in [5.74, 6) is 0.348. The van der Waals surface area contributed by atoms with E-state index in [1.54, 1.807) is 18.3 Å². The second-order valence-electron chi connectivity index (χ2n) is 5.15. The predicted octanol–water partition coefficient (Wildman–Crippen LogP) is 3.59. The van der Waals surface area contributed by atoms with Gasteiger partial charge in [0.15, 0.2) is 0 Å². The maximum atomic E-state index is 12.0. The predicted molar refractivity (Wildman–Crippen MR) is 84.5 cm³/mol. The minimum atomic E-state index is -0.0194. The first-order chi connectivity index (χ1) is 10.2. The first kappa shape index (κ1) is 13.8. The summed E-state index contributed by atoms with van der Waals surface area (Å²) in [6.45, 7) is 0. The third-order valence-electron chi connectivity index (χ3n) is 3.61. The monoisotopic (exact) mass is 298 g/mol. The molecule has 0 heterocycles. The zero-order valence-corrected chi connectivity index (χ0v) is 12.1. The van der Waals surface area contributed by atoms with Gasteiger partial charge in [-0.25, -0.2) is 5.43 Å². The van der Waals surface area contributed by atoms with Crippen LogP contribution in [0.4, 0.5) is 0 Å². The van der Waals surface area contributed by atoms with Crippen LogP contribution in [-0.4, -0.2) is 12.1 Å². The average molecular weight is 299 g/mol. The molecule has 1 fully saturated rings. The van der Waals surface area contributed by atoms with E-state index in [-0.39, 0.29) is 11.8 Å². The molecule has 3 rings (SSSR count). The first-order valence-corrected chi connectivity index (χ1v) is 7.25. The standard InChI is InChI=1S/C17H15ClN2O/c18-14-8-6-12(7-9-14)11-19-20-17(21)16-10-15(16)13-4-2-1-3-5-13/h1-9,11,15-16H,10H2,(H,20,21)/t15-,16-/m1/s1. The van der Waals surface area contributed by atoms with E-state index in [0.29, 0.717) is 10.9 Å². The molecular formula is C17H15ClN2O. The SMILES string of the molecule is O=C(NN=Cc1ccc(Cl)cc1)[C@@H]1C[C@@H]1c1ccccc1. The van der Waals surface area contributed by atoms with E-state index in [2.05, 4.69) is 22.7 Å². The molecule has 2 aromatic rings. The van der Waals surface area contributed by atoms with Crippen LogP contribution in [-0.2, 0) is 4.79 Å². The second kappa shape index (κ2) is 6.10. The van der Waals surface area contributed by atoms with Crippen LogP contribution in [0, 0.1) is 5.92 Å². The van der Waals surface area contributed by atoms with E-state index < -0.39 is 0 Å². The summed E-state index contributed by atoms with van der Waals surface area (Å²) in [4.78, 5) is 12.0. The molecule has 2 aromatic carbocycles. The van der Waals surface area contributed by atoms with Crippen LogP contribution in [0.5, 0.6) is 0 Å². The Hall–Kier alpha value is -2.13. The first-order valence-electron chi connectivity index (χ1n) is 6.87. The van der Waals surface area contributed by atoms with Crippen LogP contribution in [0.2, 0.25) is 5.02 Å². The number of amides is 1. The molecule has 2 atom stereocenters. The lowest BCUT2D eigenvalue weighted by atomic mass is 10.1. The number of halogens is 1. The molecule has 1 amide bonds. The van der Waals surface area contributed by atoms with Crippen molar-refractivity contribution in [1.29, 1.82) is 0 Å². The lowest BCUT2D eigenvalue weighted by molar-refractivity contribution is -0.122. The van der Waals surface area contributed by atoms with E-state index in [9.17, 15) is 4.79 Å². The van der Waals surface area contributed by atoms with Gasteiger partial charge in [-0.1, -0.05) is 54.1 Å². The fourth-order valence-electron chi connectivity index (χ4n) is 2.36. The van der Waals surface area contributed by atoms with Gasteiger partial charge in [0.25, 0.3) is 0 Å². The molecule has 0 bridgehead atoms. The van der Waals surface area contributed by atoms with Crippen molar-refractivity contribution < 1.29 is 4.79 Å². The average Bonchev–Trinajstić information content (AvgIpc) is 3.31. The Kier molecular flexibility index (Phi) is 4.02. The molecule has 0 unspecified atom stereocenters. The normalized spacial score (nSPS) is 20.4. The quantitative estimate of drug-likeness (QED) is 0.680. The number of rotatable bonds is 4. The van der Waals surface area contributed by atoms with Gasteiger partial charge in [-0.3, -0.25) is 4.79 Å². The fourth-order valence-corrected chi connectivity index (χ4v) is 2.48. The molecule has 0 spiro atoms. The van der Waals surface area contributed by atoms with Gasteiger partial charge in [-0.15, -0.1) is 0 Å². The summed E-state index contributed by atoms with van der Waals surface area (Å²) in [7, 11) is 0. The number of nitrogens with zero attached hydrogens (tertiary/aromatic N) is 1. The highest BCUT2D eigenvalue weighted by Gasteiger charge is 2.43. The van der Waals surface area contributed by atoms with Crippen LogP contribution >= 0.6 is 11.6 Å². The Labute approximate surface area is 128 Å². The van der Waals surface area contributed by atoms with Crippen LogP contribution in [0.15, 0.2) is 59.7 Å². The topological polar surface area (TPSA) is 41.5 Å². The van der Waals surface area contributed by atoms with Gasteiger partial charge in [-0.2, -0.15) is 5.10 Å². The molecule has 4 heteroatoms. The van der Waals surface area contributed by atoms with Crippen LogP contribution in [0.3, 0.4) is 0 Å². The molecule has 0 aromatic heterocycles. The Balaban J connectivity index is 1.53. The van der Waals surface area contributed by atoms with Crippen molar-refractivity contribution in [3.63, 3.8) is 0 Å². The molecule has 106 valence electrons. The molecule has 3 nitrogen and oxygen atoms in total. The van der Waals surface area contributed by atoms with Crippen molar-refractivity contribution in [3.05, 3.63) is 70.7 Å². The van der Waals surface area contributed by atoms with Crippen molar-refractivity contribution in [1.82, 2.24) is 5.43 Å². The van der Waals surface area contributed by atoms with Gasteiger partial charge in [0, 0.05) is 10.9 Å². The molecule has 21 heavy (non-hydrogen) atoms.